The van der Waals surface area contributed by atoms with Gasteiger partial charge in [-0.25, -0.2) is 4.68 Å². The van der Waals surface area contributed by atoms with Crippen molar-refractivity contribution in [2.24, 2.45) is 0 Å². The van der Waals surface area contributed by atoms with Crippen LogP contribution in [0.4, 0.5) is 5.95 Å². The largest absolute Gasteiger partial charge is 0.497 e. The van der Waals surface area contributed by atoms with Gasteiger partial charge in [0.25, 0.3) is 0 Å². The highest BCUT2D eigenvalue weighted by Gasteiger charge is 2.41. The van der Waals surface area contributed by atoms with Gasteiger partial charge < -0.3 is 19.5 Å². The molecule has 6 rings (SSSR count). The van der Waals surface area contributed by atoms with Crippen LogP contribution in [0, 0.1) is 0 Å². The minimum Gasteiger partial charge on any atom is -0.497 e. The number of methoxy groups -OCH3 is 2. The van der Waals surface area contributed by atoms with Crippen molar-refractivity contribution in [2.45, 2.75) is 12.1 Å². The normalized spacial score (nSPS) is 18.4. The summed E-state index contributed by atoms with van der Waals surface area (Å²) in [5, 5.41) is 8.08. The number of ether oxygens (including phenoxy) is 3. The SMILES string of the molecule is COc1ccc([C@H]2Oc3ccccc3C3=C2[C@H](c2ccccc2)n2ncnc2N3)c(OC)c1. The van der Waals surface area contributed by atoms with Crippen molar-refractivity contribution in [3.05, 3.63) is 101 Å². The van der Waals surface area contributed by atoms with Crippen molar-refractivity contribution in [1.82, 2.24) is 14.8 Å². The molecule has 0 amide bonds. The maximum Gasteiger partial charge on any atom is 0.226 e. The van der Waals surface area contributed by atoms with Gasteiger partial charge in [0.1, 0.15) is 29.6 Å². The Hall–Kier alpha value is -4.26. The highest BCUT2D eigenvalue weighted by Crippen LogP contribution is 2.52. The van der Waals surface area contributed by atoms with Crippen molar-refractivity contribution >= 4 is 11.6 Å². The number of benzene rings is 3. The Labute approximate surface area is 191 Å². The third-order valence-corrected chi connectivity index (χ3v) is 6.16. The first-order valence-corrected chi connectivity index (χ1v) is 10.7. The summed E-state index contributed by atoms with van der Waals surface area (Å²) in [5.41, 5.74) is 5.02. The van der Waals surface area contributed by atoms with E-state index in [1.54, 1.807) is 20.5 Å². The molecular weight excluding hydrogens is 416 g/mol. The first kappa shape index (κ1) is 19.4. The van der Waals surface area contributed by atoms with E-state index in [9.17, 15) is 0 Å². The standard InChI is InChI=1S/C26H22N4O3/c1-31-17-12-13-19(21(14-17)32-2)25-22-23(18-10-6-7-11-20(18)33-25)29-26-27-15-28-30(26)24(22)16-8-4-3-5-9-16/h3-15,24-25H,1-2H3,(H,27,28,29)/t24-,25+/m0/s1. The zero-order chi connectivity index (χ0) is 22.4. The van der Waals surface area contributed by atoms with Crippen LogP contribution < -0.4 is 19.5 Å². The molecule has 164 valence electrons. The fraction of sp³-hybridized carbons (Fsp3) is 0.154. The molecule has 1 aromatic heterocycles. The van der Waals surface area contributed by atoms with Crippen LogP contribution in [0.2, 0.25) is 0 Å². The van der Waals surface area contributed by atoms with Crippen molar-refractivity contribution in [1.29, 1.82) is 0 Å². The average Bonchev–Trinajstić information content (AvgIpc) is 3.35. The predicted octanol–water partition coefficient (Wildman–Crippen LogP) is 4.86. The van der Waals surface area contributed by atoms with Gasteiger partial charge in [-0.1, -0.05) is 42.5 Å². The smallest absolute Gasteiger partial charge is 0.226 e. The highest BCUT2D eigenvalue weighted by molar-refractivity contribution is 5.85. The van der Waals surface area contributed by atoms with Gasteiger partial charge in [0, 0.05) is 22.8 Å². The van der Waals surface area contributed by atoms with Gasteiger partial charge in [-0.2, -0.15) is 10.1 Å². The monoisotopic (exact) mass is 438 g/mol. The van der Waals surface area contributed by atoms with E-state index in [-0.39, 0.29) is 6.04 Å². The van der Waals surface area contributed by atoms with E-state index in [2.05, 4.69) is 33.6 Å². The maximum absolute atomic E-state index is 6.67. The first-order chi connectivity index (χ1) is 16.3. The average molecular weight is 438 g/mol. The molecule has 0 fully saturated rings. The number of nitrogens with one attached hydrogen (secondary N) is 1. The predicted molar refractivity (Wildman–Crippen MR) is 125 cm³/mol. The fourth-order valence-electron chi connectivity index (χ4n) is 4.67. The Kier molecular flexibility index (Phi) is 4.54. The van der Waals surface area contributed by atoms with E-state index >= 15 is 0 Å². The van der Waals surface area contributed by atoms with Crippen LogP contribution in [0.5, 0.6) is 17.2 Å². The van der Waals surface area contributed by atoms with E-state index < -0.39 is 6.10 Å². The molecule has 3 aromatic carbocycles. The van der Waals surface area contributed by atoms with Crippen molar-refractivity contribution in [3.63, 3.8) is 0 Å². The second kappa shape index (κ2) is 7.70. The van der Waals surface area contributed by atoms with Crippen LogP contribution in [0.3, 0.4) is 0 Å². The number of fused-ring (bicyclic) bond motifs is 3. The Morgan fingerprint density at radius 3 is 2.58 bits per heavy atom. The summed E-state index contributed by atoms with van der Waals surface area (Å²) in [4.78, 5) is 4.48. The third-order valence-electron chi connectivity index (χ3n) is 6.16. The van der Waals surface area contributed by atoms with Crippen LogP contribution in [0.15, 0.2) is 84.7 Å². The molecule has 0 saturated heterocycles. The summed E-state index contributed by atoms with van der Waals surface area (Å²) in [6.45, 7) is 0. The van der Waals surface area contributed by atoms with Crippen LogP contribution in [-0.4, -0.2) is 29.0 Å². The summed E-state index contributed by atoms with van der Waals surface area (Å²) >= 11 is 0. The number of hydrogen-bond donors (Lipinski definition) is 1. The number of anilines is 1. The summed E-state index contributed by atoms with van der Waals surface area (Å²) in [6.07, 6.45) is 1.16. The molecular formula is C26H22N4O3. The van der Waals surface area contributed by atoms with Gasteiger partial charge in [-0.15, -0.1) is 0 Å². The maximum atomic E-state index is 6.67. The second-order valence-corrected chi connectivity index (χ2v) is 7.90. The van der Waals surface area contributed by atoms with Gasteiger partial charge in [-0.3, -0.25) is 0 Å². The Bertz CT molecular complexity index is 1360. The summed E-state index contributed by atoms with van der Waals surface area (Å²) in [7, 11) is 3.30. The molecule has 7 nitrogen and oxygen atoms in total. The quantitative estimate of drug-likeness (QED) is 0.491. The Balaban J connectivity index is 1.63. The molecule has 0 saturated carbocycles. The van der Waals surface area contributed by atoms with Crippen LogP contribution in [0.1, 0.15) is 28.8 Å². The van der Waals surface area contributed by atoms with Crippen molar-refractivity contribution in [3.8, 4) is 17.2 Å². The zero-order valence-electron chi connectivity index (χ0n) is 18.2. The molecule has 0 aliphatic carbocycles. The molecule has 3 heterocycles. The molecule has 1 N–H and O–H groups in total. The highest BCUT2D eigenvalue weighted by atomic mass is 16.5. The van der Waals surface area contributed by atoms with E-state index in [0.717, 1.165) is 39.5 Å². The third kappa shape index (κ3) is 3.04. The summed E-state index contributed by atoms with van der Waals surface area (Å²) < 4.78 is 19.8. The molecule has 0 bridgehead atoms. The Morgan fingerprint density at radius 2 is 1.76 bits per heavy atom. The number of nitrogens with zero attached hydrogens (tertiary/aromatic N) is 3. The minimum atomic E-state index is -0.411. The van der Waals surface area contributed by atoms with Crippen LogP contribution >= 0.6 is 0 Å². The first-order valence-electron chi connectivity index (χ1n) is 10.7. The summed E-state index contributed by atoms with van der Waals surface area (Å²) in [5.74, 6) is 2.91. The van der Waals surface area contributed by atoms with Crippen LogP contribution in [0.25, 0.3) is 5.70 Å². The number of aromatic nitrogens is 3. The summed E-state index contributed by atoms with van der Waals surface area (Å²) in [6, 6.07) is 23.9. The van der Waals surface area contributed by atoms with Gasteiger partial charge >= 0.3 is 0 Å². The lowest BCUT2D eigenvalue weighted by atomic mass is 9.84. The molecule has 4 aromatic rings. The van der Waals surface area contributed by atoms with Crippen molar-refractivity contribution in [2.75, 3.05) is 19.5 Å². The lowest BCUT2D eigenvalue weighted by molar-refractivity contribution is 0.217. The molecule has 33 heavy (non-hydrogen) atoms. The molecule has 2 aliphatic rings. The number of hydrogen-bond acceptors (Lipinski definition) is 6. The molecule has 2 atom stereocenters. The van der Waals surface area contributed by atoms with Gasteiger partial charge in [0.2, 0.25) is 5.95 Å². The van der Waals surface area contributed by atoms with E-state index in [1.165, 1.54) is 0 Å². The fourth-order valence-corrected chi connectivity index (χ4v) is 4.67. The van der Waals surface area contributed by atoms with Crippen molar-refractivity contribution < 1.29 is 14.2 Å². The lowest BCUT2D eigenvalue weighted by Crippen LogP contribution is -2.32. The van der Waals surface area contributed by atoms with Gasteiger partial charge in [-0.05, 0) is 29.8 Å². The molecule has 2 aliphatic heterocycles. The molecule has 0 unspecified atom stereocenters. The van der Waals surface area contributed by atoms with E-state index in [4.69, 9.17) is 14.2 Å². The Morgan fingerprint density at radius 1 is 0.939 bits per heavy atom. The molecule has 0 radical (unpaired) electrons. The van der Waals surface area contributed by atoms with E-state index in [1.807, 2.05) is 59.3 Å². The molecule has 7 heteroatoms. The number of para-hydroxylation sites is 1. The van der Waals surface area contributed by atoms with Gasteiger partial charge in [0.05, 0.1) is 19.9 Å². The topological polar surface area (TPSA) is 70.4 Å². The van der Waals surface area contributed by atoms with Gasteiger partial charge in [0.15, 0.2) is 6.10 Å². The zero-order valence-corrected chi connectivity index (χ0v) is 18.2. The lowest BCUT2D eigenvalue weighted by Gasteiger charge is -2.39. The number of rotatable bonds is 4. The molecule has 0 spiro atoms. The van der Waals surface area contributed by atoms with Crippen LogP contribution in [-0.2, 0) is 0 Å². The second-order valence-electron chi connectivity index (χ2n) is 7.90. The van der Waals surface area contributed by atoms with E-state index in [0.29, 0.717) is 11.7 Å². The minimum absolute atomic E-state index is 0.204.